The number of benzene rings is 1. The average molecular weight is 210 g/mol. The molecule has 1 fully saturated rings. The van der Waals surface area contributed by atoms with Crippen LogP contribution in [0.2, 0.25) is 5.02 Å². The molecule has 0 radical (unpaired) electrons. The molecule has 0 saturated carbocycles. The maximum atomic E-state index is 11.3. The zero-order chi connectivity index (χ0) is 10.1. The molecule has 1 aromatic carbocycles. The minimum atomic E-state index is 0.0659. The van der Waals surface area contributed by atoms with Gasteiger partial charge in [0.15, 0.2) is 0 Å². The van der Waals surface area contributed by atoms with Crippen LogP contribution in [0.3, 0.4) is 0 Å². The Morgan fingerprint density at radius 3 is 2.50 bits per heavy atom. The topological polar surface area (TPSA) is 29.1 Å². The summed E-state index contributed by atoms with van der Waals surface area (Å²) in [6.07, 6.45) is 0. The predicted molar refractivity (Wildman–Crippen MR) is 56.4 cm³/mol. The van der Waals surface area contributed by atoms with Gasteiger partial charge >= 0.3 is 0 Å². The van der Waals surface area contributed by atoms with Crippen LogP contribution in [0.4, 0.5) is 0 Å². The van der Waals surface area contributed by atoms with Gasteiger partial charge in [-0.05, 0) is 17.7 Å². The van der Waals surface area contributed by atoms with Gasteiger partial charge in [-0.15, -0.1) is 0 Å². The number of carbonyl (C=O) groups is 1. The molecule has 1 saturated heterocycles. The van der Waals surface area contributed by atoms with Crippen LogP contribution in [-0.4, -0.2) is 12.5 Å². The lowest BCUT2D eigenvalue weighted by atomic mass is 9.90. The van der Waals surface area contributed by atoms with E-state index in [2.05, 4.69) is 5.32 Å². The van der Waals surface area contributed by atoms with Gasteiger partial charge in [0.1, 0.15) is 0 Å². The van der Waals surface area contributed by atoms with Gasteiger partial charge in [0.2, 0.25) is 5.91 Å². The molecule has 1 aliphatic rings. The Morgan fingerprint density at radius 1 is 1.36 bits per heavy atom. The van der Waals surface area contributed by atoms with E-state index >= 15 is 0 Å². The summed E-state index contributed by atoms with van der Waals surface area (Å²) in [7, 11) is 0. The molecule has 0 aromatic heterocycles. The highest BCUT2D eigenvalue weighted by molar-refractivity contribution is 6.30. The Morgan fingerprint density at radius 2 is 2.00 bits per heavy atom. The first-order valence-corrected chi connectivity index (χ1v) is 5.09. The molecule has 0 bridgehead atoms. The smallest absolute Gasteiger partial charge is 0.223 e. The highest BCUT2D eigenvalue weighted by atomic mass is 35.5. The van der Waals surface area contributed by atoms with Gasteiger partial charge in [0.25, 0.3) is 0 Å². The van der Waals surface area contributed by atoms with E-state index < -0.39 is 0 Å². The van der Waals surface area contributed by atoms with Crippen molar-refractivity contribution in [3.63, 3.8) is 0 Å². The van der Waals surface area contributed by atoms with Crippen molar-refractivity contribution in [1.82, 2.24) is 5.32 Å². The summed E-state index contributed by atoms with van der Waals surface area (Å²) in [6.45, 7) is 2.70. The maximum absolute atomic E-state index is 11.3. The molecule has 1 aliphatic heterocycles. The van der Waals surface area contributed by atoms with Gasteiger partial charge in [-0.2, -0.15) is 0 Å². The Kier molecular flexibility index (Phi) is 2.46. The summed E-state index contributed by atoms with van der Waals surface area (Å²) in [5, 5.41) is 3.60. The van der Waals surface area contributed by atoms with Crippen LogP contribution < -0.4 is 5.32 Å². The van der Waals surface area contributed by atoms with Crippen molar-refractivity contribution < 1.29 is 4.79 Å². The number of hydrogen-bond acceptors (Lipinski definition) is 1. The van der Waals surface area contributed by atoms with E-state index in [1.54, 1.807) is 0 Å². The van der Waals surface area contributed by atoms with Crippen molar-refractivity contribution in [1.29, 1.82) is 0 Å². The molecule has 74 valence electrons. The third-order valence-electron chi connectivity index (χ3n) is 2.81. The van der Waals surface area contributed by atoms with Crippen molar-refractivity contribution in [3.05, 3.63) is 34.9 Å². The first-order valence-electron chi connectivity index (χ1n) is 4.71. The van der Waals surface area contributed by atoms with Gasteiger partial charge < -0.3 is 5.32 Å². The standard InChI is InChI=1S/C11H12ClNO/c1-7-10(6-13-11(7)14)8-2-4-9(12)5-3-8/h2-5,7,10H,6H2,1H3,(H,13,14). The Bertz CT molecular complexity index is 347. The number of rotatable bonds is 1. The summed E-state index contributed by atoms with van der Waals surface area (Å²) in [5.41, 5.74) is 1.18. The maximum Gasteiger partial charge on any atom is 0.223 e. The molecule has 1 amide bonds. The molecular formula is C11H12ClNO. The second-order valence-electron chi connectivity index (χ2n) is 3.69. The quantitative estimate of drug-likeness (QED) is 0.755. The van der Waals surface area contributed by atoms with E-state index in [1.807, 2.05) is 31.2 Å². The number of halogens is 1. The zero-order valence-corrected chi connectivity index (χ0v) is 8.71. The third-order valence-corrected chi connectivity index (χ3v) is 3.06. The molecule has 1 aromatic rings. The zero-order valence-electron chi connectivity index (χ0n) is 7.96. The third kappa shape index (κ3) is 1.62. The highest BCUT2D eigenvalue weighted by Gasteiger charge is 2.31. The second-order valence-corrected chi connectivity index (χ2v) is 4.13. The van der Waals surface area contributed by atoms with Crippen molar-refractivity contribution in [2.24, 2.45) is 5.92 Å². The Balaban J connectivity index is 2.23. The molecule has 2 atom stereocenters. The summed E-state index contributed by atoms with van der Waals surface area (Å²) < 4.78 is 0. The van der Waals surface area contributed by atoms with Crippen LogP contribution in [-0.2, 0) is 4.79 Å². The number of nitrogens with one attached hydrogen (secondary N) is 1. The van der Waals surface area contributed by atoms with Crippen LogP contribution in [0, 0.1) is 5.92 Å². The molecule has 2 unspecified atom stereocenters. The molecule has 2 rings (SSSR count). The fourth-order valence-corrected chi connectivity index (χ4v) is 1.97. The van der Waals surface area contributed by atoms with E-state index in [-0.39, 0.29) is 11.8 Å². The van der Waals surface area contributed by atoms with Crippen LogP contribution in [0.5, 0.6) is 0 Å². The van der Waals surface area contributed by atoms with Crippen LogP contribution in [0.1, 0.15) is 18.4 Å². The molecule has 2 nitrogen and oxygen atoms in total. The monoisotopic (exact) mass is 209 g/mol. The lowest BCUT2D eigenvalue weighted by molar-refractivity contribution is -0.122. The number of carbonyl (C=O) groups excluding carboxylic acids is 1. The fraction of sp³-hybridized carbons (Fsp3) is 0.364. The van der Waals surface area contributed by atoms with E-state index in [1.165, 1.54) is 5.56 Å². The van der Waals surface area contributed by atoms with Gasteiger partial charge in [0, 0.05) is 23.4 Å². The SMILES string of the molecule is CC1C(=O)NCC1c1ccc(Cl)cc1. The van der Waals surface area contributed by atoms with Crippen LogP contribution in [0.25, 0.3) is 0 Å². The Hall–Kier alpha value is -1.02. The number of hydrogen-bond donors (Lipinski definition) is 1. The van der Waals surface area contributed by atoms with Gasteiger partial charge in [-0.1, -0.05) is 30.7 Å². The van der Waals surface area contributed by atoms with Crippen LogP contribution in [0.15, 0.2) is 24.3 Å². The molecule has 0 aliphatic carbocycles. The predicted octanol–water partition coefficient (Wildman–Crippen LogP) is 2.19. The van der Waals surface area contributed by atoms with Gasteiger partial charge in [0.05, 0.1) is 0 Å². The molecule has 3 heteroatoms. The summed E-state index contributed by atoms with van der Waals surface area (Å²) in [5.74, 6) is 0.501. The van der Waals surface area contributed by atoms with Crippen molar-refractivity contribution >= 4 is 17.5 Å². The van der Waals surface area contributed by atoms with Gasteiger partial charge in [-0.3, -0.25) is 4.79 Å². The lowest BCUT2D eigenvalue weighted by Crippen LogP contribution is -2.16. The summed E-state index contributed by atoms with van der Waals surface area (Å²) in [4.78, 5) is 11.3. The summed E-state index contributed by atoms with van der Waals surface area (Å²) >= 11 is 5.80. The molecule has 1 N–H and O–H groups in total. The van der Waals surface area contributed by atoms with Crippen LogP contribution >= 0.6 is 11.6 Å². The first kappa shape index (κ1) is 9.53. The minimum absolute atomic E-state index is 0.0659. The largest absolute Gasteiger partial charge is 0.355 e. The van der Waals surface area contributed by atoms with E-state index in [9.17, 15) is 4.79 Å². The van der Waals surface area contributed by atoms with E-state index in [0.29, 0.717) is 5.92 Å². The molecular weight excluding hydrogens is 198 g/mol. The molecule has 14 heavy (non-hydrogen) atoms. The minimum Gasteiger partial charge on any atom is -0.355 e. The lowest BCUT2D eigenvalue weighted by Gasteiger charge is -2.12. The highest BCUT2D eigenvalue weighted by Crippen LogP contribution is 2.28. The molecule has 1 heterocycles. The van der Waals surface area contributed by atoms with E-state index in [0.717, 1.165) is 11.6 Å². The van der Waals surface area contributed by atoms with Crippen molar-refractivity contribution in [3.8, 4) is 0 Å². The second kappa shape index (κ2) is 3.62. The fourth-order valence-electron chi connectivity index (χ4n) is 1.85. The summed E-state index contributed by atoms with van der Waals surface area (Å²) in [6, 6.07) is 7.71. The normalized spacial score (nSPS) is 26.3. The number of amides is 1. The van der Waals surface area contributed by atoms with Crippen molar-refractivity contribution in [2.45, 2.75) is 12.8 Å². The van der Waals surface area contributed by atoms with Gasteiger partial charge in [-0.25, -0.2) is 0 Å². The Labute approximate surface area is 88.3 Å². The molecule has 0 spiro atoms. The average Bonchev–Trinajstić information content (AvgIpc) is 2.50. The first-order chi connectivity index (χ1) is 6.68. The van der Waals surface area contributed by atoms with E-state index in [4.69, 9.17) is 11.6 Å². The van der Waals surface area contributed by atoms with Crippen molar-refractivity contribution in [2.75, 3.05) is 6.54 Å².